The molecule has 0 unspecified atom stereocenters. The molecule has 0 aliphatic carbocycles. The maximum Gasteiger partial charge on any atom is 0.513 e. The van der Waals surface area contributed by atoms with Gasteiger partial charge in [0.1, 0.15) is 5.82 Å². The molecule has 0 saturated heterocycles. The number of benzene rings is 1. The lowest BCUT2D eigenvalue weighted by Gasteiger charge is -2.19. The maximum atomic E-state index is 12.6. The fraction of sp³-hybridized carbons (Fsp3) is 0.250. The van der Waals surface area contributed by atoms with E-state index in [0.29, 0.717) is 6.07 Å². The summed E-state index contributed by atoms with van der Waals surface area (Å²) < 4.78 is 54.4. The van der Waals surface area contributed by atoms with Gasteiger partial charge in [-0.15, -0.1) is 0 Å². The van der Waals surface area contributed by atoms with Crippen molar-refractivity contribution in [1.29, 1.82) is 0 Å². The highest BCUT2D eigenvalue weighted by molar-refractivity contribution is 6.74. The molecule has 0 aromatic heterocycles. The van der Waals surface area contributed by atoms with E-state index in [4.69, 9.17) is 4.74 Å². The van der Waals surface area contributed by atoms with Crippen molar-refractivity contribution in [3.05, 3.63) is 24.0 Å². The predicted molar refractivity (Wildman–Crippen MR) is 46.3 cm³/mol. The third-order valence-electron chi connectivity index (χ3n) is 1.63. The molecule has 0 saturated carbocycles. The van der Waals surface area contributed by atoms with Crippen LogP contribution in [0.15, 0.2) is 18.2 Å². The minimum atomic E-state index is -5.15. The summed E-state index contributed by atoms with van der Waals surface area (Å²) in [5, 5.41) is 0. The maximum absolute atomic E-state index is 12.6. The first-order valence-electron chi connectivity index (χ1n) is 4.07. The van der Waals surface area contributed by atoms with E-state index in [1.165, 1.54) is 6.92 Å². The molecule has 0 aliphatic rings. The lowest BCUT2D eigenvalue weighted by molar-refractivity contribution is 0.338. The number of hydrogen-bond acceptors (Lipinski definition) is 1. The van der Waals surface area contributed by atoms with Gasteiger partial charge in [0.15, 0.2) is 0 Å². The van der Waals surface area contributed by atoms with Gasteiger partial charge in [0.2, 0.25) is 0 Å². The van der Waals surface area contributed by atoms with E-state index >= 15 is 0 Å². The normalized spacial score (nSPS) is 11.5. The fourth-order valence-electron chi connectivity index (χ4n) is 1.06. The summed E-state index contributed by atoms with van der Waals surface area (Å²) >= 11 is 0. The minimum absolute atomic E-state index is 0.0720. The Bertz CT molecular complexity index is 324. The number of ether oxygens (including phenoxy) is 1. The van der Waals surface area contributed by atoms with Crippen molar-refractivity contribution in [3.63, 3.8) is 0 Å². The summed E-state index contributed by atoms with van der Waals surface area (Å²) in [6.07, 6.45) is 0. The fourth-order valence-corrected chi connectivity index (χ4v) is 1.06. The van der Waals surface area contributed by atoms with E-state index in [1.807, 2.05) is 0 Å². The lowest BCUT2D eigenvalue weighted by Crippen LogP contribution is -2.35. The van der Waals surface area contributed by atoms with Gasteiger partial charge in [0.05, 0.1) is 12.4 Å². The summed E-state index contributed by atoms with van der Waals surface area (Å²) in [7, 11) is 0. The number of hydrogen-bond donors (Lipinski definition) is 0. The second kappa shape index (κ2) is 3.90. The molecule has 0 N–H and O–H groups in total. The molecular formula is C8H8BF4O-. The standard InChI is InChI=1S/C8H8BF4O/c1-2-14-8-5-6(10)3-4-7(8)9(11,12)13/h3-5H,2H2,1H3/q-1. The lowest BCUT2D eigenvalue weighted by atomic mass is 9.79. The molecule has 0 spiro atoms. The highest BCUT2D eigenvalue weighted by Crippen LogP contribution is 2.18. The third kappa shape index (κ3) is 2.40. The Labute approximate surface area is 78.7 Å². The molecule has 1 aromatic carbocycles. The number of rotatable bonds is 3. The molecule has 0 bridgehead atoms. The Balaban J connectivity index is 3.15. The van der Waals surface area contributed by atoms with Gasteiger partial charge in [-0.3, -0.25) is 0 Å². The molecule has 0 aliphatic heterocycles. The van der Waals surface area contributed by atoms with E-state index in [-0.39, 0.29) is 6.61 Å². The van der Waals surface area contributed by atoms with Crippen molar-refractivity contribution >= 4 is 12.4 Å². The average Bonchev–Trinajstić information content (AvgIpc) is 2.02. The van der Waals surface area contributed by atoms with Crippen LogP contribution in [0.5, 0.6) is 5.75 Å². The molecule has 0 heterocycles. The van der Waals surface area contributed by atoms with E-state index in [2.05, 4.69) is 0 Å². The topological polar surface area (TPSA) is 9.23 Å². The molecule has 0 fully saturated rings. The van der Waals surface area contributed by atoms with Gasteiger partial charge in [-0.25, -0.2) is 4.39 Å². The van der Waals surface area contributed by atoms with Crippen LogP contribution in [0, 0.1) is 5.82 Å². The number of halogens is 4. The van der Waals surface area contributed by atoms with Crippen molar-refractivity contribution in [2.24, 2.45) is 0 Å². The molecule has 0 amide bonds. The second-order valence-electron chi connectivity index (χ2n) is 2.69. The molecule has 0 atom stereocenters. The van der Waals surface area contributed by atoms with E-state index in [1.54, 1.807) is 0 Å². The quantitative estimate of drug-likeness (QED) is 0.545. The monoisotopic (exact) mass is 207 g/mol. The second-order valence-corrected chi connectivity index (χ2v) is 2.69. The minimum Gasteiger partial charge on any atom is -0.497 e. The highest BCUT2D eigenvalue weighted by atomic mass is 19.4. The highest BCUT2D eigenvalue weighted by Gasteiger charge is 2.29. The van der Waals surface area contributed by atoms with Gasteiger partial charge < -0.3 is 17.7 Å². The van der Waals surface area contributed by atoms with Crippen molar-refractivity contribution in [3.8, 4) is 5.75 Å². The zero-order chi connectivity index (χ0) is 10.8. The van der Waals surface area contributed by atoms with Gasteiger partial charge in [-0.1, -0.05) is 11.5 Å². The van der Waals surface area contributed by atoms with E-state index < -0.39 is 24.0 Å². The smallest absolute Gasteiger partial charge is 0.497 e. The van der Waals surface area contributed by atoms with Crippen LogP contribution < -0.4 is 10.2 Å². The first-order chi connectivity index (χ1) is 6.45. The molecule has 78 valence electrons. The van der Waals surface area contributed by atoms with Gasteiger partial charge in [-0.2, -0.15) is 0 Å². The largest absolute Gasteiger partial charge is 0.513 e. The summed E-state index contributed by atoms with van der Waals surface area (Å²) in [5.41, 5.74) is -0.895. The first kappa shape index (κ1) is 10.9. The van der Waals surface area contributed by atoms with Crippen LogP contribution >= 0.6 is 0 Å². The first-order valence-corrected chi connectivity index (χ1v) is 4.07. The third-order valence-corrected chi connectivity index (χ3v) is 1.63. The van der Waals surface area contributed by atoms with E-state index in [9.17, 15) is 17.3 Å². The Morgan fingerprint density at radius 2 is 1.93 bits per heavy atom. The average molecular weight is 207 g/mol. The van der Waals surface area contributed by atoms with Gasteiger partial charge in [0, 0.05) is 6.07 Å². The molecule has 6 heteroatoms. The molecule has 0 radical (unpaired) electrons. The zero-order valence-electron chi connectivity index (χ0n) is 7.44. The van der Waals surface area contributed by atoms with Crippen molar-refractivity contribution in [1.82, 2.24) is 0 Å². The molecule has 1 aromatic rings. The van der Waals surface area contributed by atoms with Crippen LogP contribution in [0.4, 0.5) is 17.3 Å². The van der Waals surface area contributed by atoms with Gasteiger partial charge >= 0.3 is 6.98 Å². The molecule has 1 nitrogen and oxygen atoms in total. The van der Waals surface area contributed by atoms with Crippen molar-refractivity contribution in [2.75, 3.05) is 6.61 Å². The Hall–Kier alpha value is -1.20. The predicted octanol–water partition coefficient (Wildman–Crippen LogP) is 2.28. The van der Waals surface area contributed by atoms with Crippen molar-refractivity contribution in [2.45, 2.75) is 6.92 Å². The molecule has 14 heavy (non-hydrogen) atoms. The van der Waals surface area contributed by atoms with Crippen molar-refractivity contribution < 1.29 is 22.1 Å². The van der Waals surface area contributed by atoms with E-state index in [0.717, 1.165) is 12.1 Å². The van der Waals surface area contributed by atoms with Crippen LogP contribution in [0.2, 0.25) is 0 Å². The Kier molecular flexibility index (Phi) is 3.03. The Morgan fingerprint density at radius 3 is 2.43 bits per heavy atom. The van der Waals surface area contributed by atoms with Crippen LogP contribution in [0.1, 0.15) is 6.92 Å². The summed E-state index contributed by atoms with van der Waals surface area (Å²) in [6, 6.07) is 2.21. The van der Waals surface area contributed by atoms with Crippen LogP contribution in [0.25, 0.3) is 0 Å². The summed E-state index contributed by atoms with van der Waals surface area (Å²) in [6.45, 7) is -3.54. The Morgan fingerprint density at radius 1 is 1.29 bits per heavy atom. The van der Waals surface area contributed by atoms with Gasteiger partial charge in [0.25, 0.3) is 0 Å². The summed E-state index contributed by atoms with van der Waals surface area (Å²) in [4.78, 5) is 0. The summed E-state index contributed by atoms with van der Waals surface area (Å²) in [5.74, 6) is -1.18. The molecule has 1 rings (SSSR count). The van der Waals surface area contributed by atoms with Crippen LogP contribution in [-0.2, 0) is 0 Å². The van der Waals surface area contributed by atoms with Gasteiger partial charge in [-0.05, 0) is 13.0 Å². The SMILES string of the molecule is CCOc1cc(F)ccc1[B-](F)(F)F. The molecular weight excluding hydrogens is 199 g/mol. The zero-order valence-corrected chi connectivity index (χ0v) is 7.44. The van der Waals surface area contributed by atoms with Crippen LogP contribution in [-0.4, -0.2) is 13.6 Å². The van der Waals surface area contributed by atoms with Crippen LogP contribution in [0.3, 0.4) is 0 Å².